The number of halogens is 3. The van der Waals surface area contributed by atoms with E-state index in [1.54, 1.807) is 12.1 Å². The Morgan fingerprint density at radius 1 is 0.926 bits per heavy atom. The molecule has 0 atom stereocenters. The van der Waals surface area contributed by atoms with Crippen LogP contribution in [0.2, 0.25) is 5.02 Å². The Hall–Kier alpha value is -1.30. The Labute approximate surface area is 177 Å². The van der Waals surface area contributed by atoms with E-state index in [1.807, 2.05) is 30.3 Å². The fourth-order valence-corrected chi connectivity index (χ4v) is 3.38. The zero-order valence-corrected chi connectivity index (χ0v) is 17.4. The lowest BCUT2D eigenvalue weighted by atomic mass is 10.1. The Balaban J connectivity index is 0.00000182. The summed E-state index contributed by atoms with van der Waals surface area (Å²) in [6.45, 7) is 6.21. The first-order chi connectivity index (χ1) is 12.1. The van der Waals surface area contributed by atoms with Gasteiger partial charge in [0.2, 0.25) is 0 Å². The smallest absolute Gasteiger partial charge is 0.335 e. The van der Waals surface area contributed by atoms with Crippen LogP contribution in [0.25, 0.3) is 0 Å². The number of carbonyl (C=O) groups is 1. The van der Waals surface area contributed by atoms with Crippen LogP contribution in [-0.2, 0) is 13.0 Å². The van der Waals surface area contributed by atoms with E-state index in [4.69, 9.17) is 16.7 Å². The second-order valence-corrected chi connectivity index (χ2v) is 6.94. The van der Waals surface area contributed by atoms with E-state index >= 15 is 0 Å². The molecule has 1 fully saturated rings. The van der Waals surface area contributed by atoms with Gasteiger partial charge in [-0.25, -0.2) is 4.79 Å². The minimum Gasteiger partial charge on any atom is -0.478 e. The zero-order valence-electron chi connectivity index (χ0n) is 15.0. The van der Waals surface area contributed by atoms with Crippen molar-refractivity contribution < 1.29 is 9.90 Å². The SMILES string of the molecule is Cl.Cl.O=C(O)c1ccc(CCN2CCN(Cc3cccc(Cl)c3)CC2)cc1. The predicted octanol–water partition coefficient (Wildman–Crippen LogP) is 4.24. The van der Waals surface area contributed by atoms with Crippen molar-refractivity contribution >= 4 is 42.4 Å². The lowest BCUT2D eigenvalue weighted by Gasteiger charge is -2.34. The lowest BCUT2D eigenvalue weighted by molar-refractivity contribution is 0.0697. The maximum Gasteiger partial charge on any atom is 0.335 e. The number of nitrogens with zero attached hydrogens (tertiary/aromatic N) is 2. The highest BCUT2D eigenvalue weighted by molar-refractivity contribution is 6.30. The summed E-state index contributed by atoms with van der Waals surface area (Å²) in [6.07, 6.45) is 0.953. The van der Waals surface area contributed by atoms with Gasteiger partial charge in [0.05, 0.1) is 5.56 Å². The van der Waals surface area contributed by atoms with Crippen LogP contribution in [0.15, 0.2) is 48.5 Å². The molecule has 4 nitrogen and oxygen atoms in total. The van der Waals surface area contributed by atoms with Crippen LogP contribution < -0.4 is 0 Å². The van der Waals surface area contributed by atoms with E-state index in [1.165, 1.54) is 11.1 Å². The average Bonchev–Trinajstić information content (AvgIpc) is 2.61. The Morgan fingerprint density at radius 3 is 2.15 bits per heavy atom. The summed E-state index contributed by atoms with van der Waals surface area (Å²) >= 11 is 6.05. The molecule has 27 heavy (non-hydrogen) atoms. The highest BCUT2D eigenvalue weighted by Gasteiger charge is 2.16. The fourth-order valence-electron chi connectivity index (χ4n) is 3.17. The molecule has 0 radical (unpaired) electrons. The largest absolute Gasteiger partial charge is 0.478 e. The van der Waals surface area contributed by atoms with Crippen LogP contribution in [0.3, 0.4) is 0 Å². The maximum atomic E-state index is 10.9. The molecule has 0 aromatic heterocycles. The molecule has 148 valence electrons. The minimum absolute atomic E-state index is 0. The normalized spacial score (nSPS) is 14.9. The first kappa shape index (κ1) is 23.7. The van der Waals surface area contributed by atoms with Crippen LogP contribution in [0.4, 0.5) is 0 Å². The number of rotatable bonds is 6. The fraction of sp³-hybridized carbons (Fsp3) is 0.350. The van der Waals surface area contributed by atoms with Crippen molar-refractivity contribution in [2.75, 3.05) is 32.7 Å². The Kier molecular flexibility index (Phi) is 10.1. The van der Waals surface area contributed by atoms with Crippen molar-refractivity contribution in [2.24, 2.45) is 0 Å². The number of carboxylic acids is 1. The minimum atomic E-state index is -0.873. The molecule has 7 heteroatoms. The molecule has 3 rings (SSSR count). The number of hydrogen-bond acceptors (Lipinski definition) is 3. The molecular formula is C20H25Cl3N2O2. The number of carboxylic acid groups (broad SMARTS) is 1. The van der Waals surface area contributed by atoms with Gasteiger partial charge in [0.1, 0.15) is 0 Å². The van der Waals surface area contributed by atoms with Crippen molar-refractivity contribution in [3.8, 4) is 0 Å². The van der Waals surface area contributed by atoms with Gasteiger partial charge in [-0.05, 0) is 41.8 Å². The van der Waals surface area contributed by atoms with Crippen molar-refractivity contribution in [3.05, 3.63) is 70.2 Å². The van der Waals surface area contributed by atoms with Crippen LogP contribution in [-0.4, -0.2) is 53.6 Å². The summed E-state index contributed by atoms with van der Waals surface area (Å²) in [5.41, 5.74) is 2.80. The molecule has 0 bridgehead atoms. The van der Waals surface area contributed by atoms with Gasteiger partial charge in [0.25, 0.3) is 0 Å². The highest BCUT2D eigenvalue weighted by Crippen LogP contribution is 2.14. The monoisotopic (exact) mass is 430 g/mol. The van der Waals surface area contributed by atoms with Gasteiger partial charge in [-0.3, -0.25) is 4.90 Å². The van der Waals surface area contributed by atoms with Gasteiger partial charge in [0.15, 0.2) is 0 Å². The van der Waals surface area contributed by atoms with Gasteiger partial charge in [-0.15, -0.1) is 24.8 Å². The molecule has 0 amide bonds. The van der Waals surface area contributed by atoms with Gasteiger partial charge < -0.3 is 10.0 Å². The van der Waals surface area contributed by atoms with E-state index < -0.39 is 5.97 Å². The van der Waals surface area contributed by atoms with E-state index in [0.717, 1.165) is 50.7 Å². The molecular weight excluding hydrogens is 407 g/mol. The Bertz CT molecular complexity index is 717. The standard InChI is InChI=1S/C20H23ClN2O2.2ClH/c21-19-3-1-2-17(14-19)15-23-12-10-22(11-13-23)9-8-16-4-6-18(7-5-16)20(24)25;;/h1-7,14H,8-13,15H2,(H,24,25);2*1H. The first-order valence-electron chi connectivity index (χ1n) is 8.61. The number of hydrogen-bond donors (Lipinski definition) is 1. The number of aromatic carboxylic acids is 1. The molecule has 2 aromatic rings. The second-order valence-electron chi connectivity index (χ2n) is 6.50. The molecule has 1 aliphatic heterocycles. The molecule has 1 heterocycles. The summed E-state index contributed by atoms with van der Waals surface area (Å²) in [4.78, 5) is 15.8. The summed E-state index contributed by atoms with van der Waals surface area (Å²) in [5.74, 6) is -0.873. The molecule has 0 unspecified atom stereocenters. The van der Waals surface area contributed by atoms with Crippen molar-refractivity contribution in [1.29, 1.82) is 0 Å². The third-order valence-electron chi connectivity index (χ3n) is 4.68. The highest BCUT2D eigenvalue weighted by atomic mass is 35.5. The van der Waals surface area contributed by atoms with Gasteiger partial charge >= 0.3 is 5.97 Å². The molecule has 2 aromatic carbocycles. The molecule has 1 aliphatic rings. The quantitative estimate of drug-likeness (QED) is 0.743. The van der Waals surface area contributed by atoms with Crippen LogP contribution in [0.5, 0.6) is 0 Å². The average molecular weight is 432 g/mol. The summed E-state index contributed by atoms with van der Waals surface area (Å²) in [6, 6.07) is 15.3. The first-order valence-corrected chi connectivity index (χ1v) is 8.99. The van der Waals surface area contributed by atoms with Crippen LogP contribution in [0, 0.1) is 0 Å². The van der Waals surface area contributed by atoms with Crippen molar-refractivity contribution in [3.63, 3.8) is 0 Å². The summed E-state index contributed by atoms with van der Waals surface area (Å²) in [7, 11) is 0. The van der Waals surface area contributed by atoms with E-state index in [9.17, 15) is 4.79 Å². The molecule has 0 aliphatic carbocycles. The molecule has 0 spiro atoms. The number of piperazine rings is 1. The van der Waals surface area contributed by atoms with Gasteiger partial charge in [0, 0.05) is 44.3 Å². The van der Waals surface area contributed by atoms with Crippen LogP contribution in [0.1, 0.15) is 21.5 Å². The van der Waals surface area contributed by atoms with Gasteiger partial charge in [-0.1, -0.05) is 35.9 Å². The molecule has 1 N–H and O–H groups in total. The Morgan fingerprint density at radius 2 is 1.56 bits per heavy atom. The predicted molar refractivity (Wildman–Crippen MR) is 115 cm³/mol. The number of benzene rings is 2. The zero-order chi connectivity index (χ0) is 17.6. The topological polar surface area (TPSA) is 43.8 Å². The lowest BCUT2D eigenvalue weighted by Crippen LogP contribution is -2.46. The van der Waals surface area contributed by atoms with Crippen LogP contribution >= 0.6 is 36.4 Å². The van der Waals surface area contributed by atoms with E-state index in [-0.39, 0.29) is 24.8 Å². The molecule has 1 saturated heterocycles. The third kappa shape index (κ3) is 7.32. The van der Waals surface area contributed by atoms with Crippen molar-refractivity contribution in [2.45, 2.75) is 13.0 Å². The maximum absolute atomic E-state index is 10.9. The second kappa shape index (κ2) is 11.5. The van der Waals surface area contributed by atoms with Crippen molar-refractivity contribution in [1.82, 2.24) is 9.80 Å². The molecule has 0 saturated carbocycles. The summed E-state index contributed by atoms with van der Waals surface area (Å²) < 4.78 is 0. The third-order valence-corrected chi connectivity index (χ3v) is 4.91. The summed E-state index contributed by atoms with van der Waals surface area (Å²) in [5, 5.41) is 9.73. The van der Waals surface area contributed by atoms with E-state index in [2.05, 4.69) is 15.9 Å². The van der Waals surface area contributed by atoms with Gasteiger partial charge in [-0.2, -0.15) is 0 Å². The van der Waals surface area contributed by atoms with E-state index in [0.29, 0.717) is 5.56 Å².